The van der Waals surface area contributed by atoms with E-state index in [0.29, 0.717) is 18.7 Å². The Morgan fingerprint density at radius 1 is 1.04 bits per heavy atom. The van der Waals surface area contributed by atoms with Crippen molar-refractivity contribution in [2.45, 2.75) is 13.3 Å². The summed E-state index contributed by atoms with van der Waals surface area (Å²) >= 11 is 0. The summed E-state index contributed by atoms with van der Waals surface area (Å²) in [4.78, 5) is 31.6. The number of pyridine rings is 1. The maximum absolute atomic E-state index is 12.9. The molecule has 1 N–H and O–H groups in total. The zero-order valence-corrected chi connectivity index (χ0v) is 15.1. The summed E-state index contributed by atoms with van der Waals surface area (Å²) < 4.78 is 0. The minimum absolute atomic E-state index is 0.0138. The standard InChI is InChI=1S/C22H21N3O2/c1-2-25(16-10-4-3-5-11-16)22(27)18-14-17(18)21(26)24-19-12-6-8-15-9-7-13-23-20(15)19/h3-13,17-18H,2,14H2,1H3,(H,24,26). The number of para-hydroxylation sites is 2. The van der Waals surface area contributed by atoms with Gasteiger partial charge in [0.15, 0.2) is 0 Å². The maximum Gasteiger partial charge on any atom is 0.230 e. The largest absolute Gasteiger partial charge is 0.324 e. The van der Waals surface area contributed by atoms with Crippen LogP contribution in [-0.4, -0.2) is 23.3 Å². The van der Waals surface area contributed by atoms with Crippen LogP contribution < -0.4 is 10.2 Å². The first-order valence-corrected chi connectivity index (χ1v) is 9.20. The average Bonchev–Trinajstić information content (AvgIpc) is 3.51. The third-order valence-corrected chi connectivity index (χ3v) is 4.99. The molecule has 0 spiro atoms. The second-order valence-electron chi connectivity index (χ2n) is 6.74. The van der Waals surface area contributed by atoms with Crippen molar-refractivity contribution in [1.29, 1.82) is 0 Å². The lowest BCUT2D eigenvalue weighted by atomic mass is 10.2. The van der Waals surface area contributed by atoms with Gasteiger partial charge in [-0.25, -0.2) is 0 Å². The van der Waals surface area contributed by atoms with E-state index in [2.05, 4.69) is 10.3 Å². The zero-order valence-electron chi connectivity index (χ0n) is 15.1. The number of amides is 2. The van der Waals surface area contributed by atoms with Crippen LogP contribution in [0.1, 0.15) is 13.3 Å². The number of benzene rings is 2. The van der Waals surface area contributed by atoms with E-state index in [1.807, 2.05) is 67.6 Å². The molecular formula is C22H21N3O2. The molecule has 2 atom stereocenters. The number of hydrogen-bond donors (Lipinski definition) is 1. The van der Waals surface area contributed by atoms with Crippen LogP contribution in [0.25, 0.3) is 10.9 Å². The molecule has 2 amide bonds. The molecule has 1 heterocycles. The molecule has 5 heteroatoms. The Morgan fingerprint density at radius 2 is 1.81 bits per heavy atom. The van der Waals surface area contributed by atoms with Gasteiger partial charge in [-0.1, -0.05) is 36.4 Å². The van der Waals surface area contributed by atoms with E-state index in [1.54, 1.807) is 11.1 Å². The highest BCUT2D eigenvalue weighted by Gasteiger charge is 2.49. The summed E-state index contributed by atoms with van der Waals surface area (Å²) in [6, 6.07) is 19.1. The van der Waals surface area contributed by atoms with Crippen LogP contribution in [0.2, 0.25) is 0 Å². The van der Waals surface area contributed by atoms with Crippen LogP contribution in [0.5, 0.6) is 0 Å². The molecule has 1 aromatic heterocycles. The van der Waals surface area contributed by atoms with Crippen molar-refractivity contribution in [3.05, 3.63) is 66.9 Å². The Kier molecular flexibility index (Phi) is 4.59. The highest BCUT2D eigenvalue weighted by atomic mass is 16.2. The van der Waals surface area contributed by atoms with E-state index in [4.69, 9.17) is 0 Å². The third kappa shape index (κ3) is 3.40. The van der Waals surface area contributed by atoms with Gasteiger partial charge in [-0.3, -0.25) is 14.6 Å². The normalized spacial score (nSPS) is 18.1. The molecule has 4 rings (SSSR count). The van der Waals surface area contributed by atoms with Crippen LogP contribution in [0.15, 0.2) is 66.9 Å². The lowest BCUT2D eigenvalue weighted by Gasteiger charge is -2.21. The van der Waals surface area contributed by atoms with Crippen molar-refractivity contribution in [2.24, 2.45) is 11.8 Å². The van der Waals surface area contributed by atoms with Gasteiger partial charge in [0.1, 0.15) is 0 Å². The smallest absolute Gasteiger partial charge is 0.230 e. The first kappa shape index (κ1) is 17.2. The first-order chi connectivity index (χ1) is 13.2. The van der Waals surface area contributed by atoms with Gasteiger partial charge in [0.25, 0.3) is 0 Å². The molecule has 1 aliphatic carbocycles. The molecule has 27 heavy (non-hydrogen) atoms. The SMILES string of the molecule is CCN(C(=O)C1CC1C(=O)Nc1cccc2cccnc12)c1ccccc1. The van der Waals surface area contributed by atoms with E-state index in [1.165, 1.54) is 0 Å². The summed E-state index contributed by atoms with van der Waals surface area (Å²) in [6.45, 7) is 2.53. The van der Waals surface area contributed by atoms with Gasteiger partial charge < -0.3 is 10.2 Å². The molecule has 2 aromatic carbocycles. The molecule has 1 saturated carbocycles. The lowest BCUT2D eigenvalue weighted by Crippen LogP contribution is -2.33. The monoisotopic (exact) mass is 359 g/mol. The summed E-state index contributed by atoms with van der Waals surface area (Å²) in [6.07, 6.45) is 2.30. The maximum atomic E-state index is 12.9. The number of fused-ring (bicyclic) bond motifs is 1. The number of anilines is 2. The fourth-order valence-corrected chi connectivity index (χ4v) is 3.46. The van der Waals surface area contributed by atoms with Gasteiger partial charge in [0.2, 0.25) is 11.8 Å². The molecule has 0 aliphatic heterocycles. The summed E-state index contributed by atoms with van der Waals surface area (Å²) in [5.41, 5.74) is 2.32. The molecule has 3 aromatic rings. The molecule has 2 unspecified atom stereocenters. The van der Waals surface area contributed by atoms with Crippen molar-refractivity contribution >= 4 is 34.1 Å². The highest BCUT2D eigenvalue weighted by molar-refractivity contribution is 6.06. The summed E-state index contributed by atoms with van der Waals surface area (Å²) in [7, 11) is 0. The Hall–Kier alpha value is -3.21. The van der Waals surface area contributed by atoms with Gasteiger partial charge in [-0.15, -0.1) is 0 Å². The highest BCUT2D eigenvalue weighted by Crippen LogP contribution is 2.41. The number of carbonyl (C=O) groups is 2. The van der Waals surface area contributed by atoms with E-state index in [0.717, 1.165) is 16.6 Å². The van der Waals surface area contributed by atoms with Gasteiger partial charge >= 0.3 is 0 Å². The Labute approximate surface area is 158 Å². The number of hydrogen-bond acceptors (Lipinski definition) is 3. The van der Waals surface area contributed by atoms with Crippen molar-refractivity contribution in [3.8, 4) is 0 Å². The summed E-state index contributed by atoms with van der Waals surface area (Å²) in [5, 5.41) is 3.93. The van der Waals surface area contributed by atoms with Gasteiger partial charge in [-0.2, -0.15) is 0 Å². The number of nitrogens with one attached hydrogen (secondary N) is 1. The molecular weight excluding hydrogens is 338 g/mol. The van der Waals surface area contributed by atoms with Crippen LogP contribution in [0.4, 0.5) is 11.4 Å². The number of rotatable bonds is 5. The molecule has 0 saturated heterocycles. The number of aromatic nitrogens is 1. The van der Waals surface area contributed by atoms with Crippen molar-refractivity contribution in [2.75, 3.05) is 16.8 Å². The minimum atomic E-state index is -0.283. The van der Waals surface area contributed by atoms with E-state index < -0.39 is 0 Å². The predicted molar refractivity (Wildman–Crippen MR) is 106 cm³/mol. The van der Waals surface area contributed by atoms with Gasteiger partial charge in [0.05, 0.1) is 23.0 Å². The lowest BCUT2D eigenvalue weighted by molar-refractivity contribution is -0.123. The second-order valence-corrected chi connectivity index (χ2v) is 6.74. The fourth-order valence-electron chi connectivity index (χ4n) is 3.46. The first-order valence-electron chi connectivity index (χ1n) is 9.20. The zero-order chi connectivity index (χ0) is 18.8. The topological polar surface area (TPSA) is 62.3 Å². The quantitative estimate of drug-likeness (QED) is 0.752. The number of nitrogens with zero attached hydrogens (tertiary/aromatic N) is 2. The average molecular weight is 359 g/mol. The fraction of sp³-hybridized carbons (Fsp3) is 0.227. The van der Waals surface area contributed by atoms with Crippen molar-refractivity contribution in [1.82, 2.24) is 4.98 Å². The second kappa shape index (κ2) is 7.19. The molecule has 5 nitrogen and oxygen atoms in total. The van der Waals surface area contributed by atoms with E-state index >= 15 is 0 Å². The van der Waals surface area contributed by atoms with Gasteiger partial charge in [-0.05, 0) is 37.6 Å². The molecule has 0 radical (unpaired) electrons. The van der Waals surface area contributed by atoms with Crippen LogP contribution >= 0.6 is 0 Å². The van der Waals surface area contributed by atoms with Crippen molar-refractivity contribution in [3.63, 3.8) is 0 Å². The minimum Gasteiger partial charge on any atom is -0.324 e. The molecule has 136 valence electrons. The molecule has 0 bridgehead atoms. The Balaban J connectivity index is 1.46. The van der Waals surface area contributed by atoms with E-state index in [-0.39, 0.29) is 23.7 Å². The molecule has 1 aliphatic rings. The summed E-state index contributed by atoms with van der Waals surface area (Å²) in [5.74, 6) is -0.641. The predicted octanol–water partition coefficient (Wildman–Crippen LogP) is 3.86. The van der Waals surface area contributed by atoms with Crippen molar-refractivity contribution < 1.29 is 9.59 Å². The molecule has 1 fully saturated rings. The van der Waals surface area contributed by atoms with Crippen LogP contribution in [-0.2, 0) is 9.59 Å². The van der Waals surface area contributed by atoms with Crippen LogP contribution in [0.3, 0.4) is 0 Å². The number of carbonyl (C=O) groups excluding carboxylic acids is 2. The third-order valence-electron chi connectivity index (χ3n) is 4.99. The Bertz CT molecular complexity index is 982. The Morgan fingerprint density at radius 3 is 2.59 bits per heavy atom. The van der Waals surface area contributed by atoms with Crippen LogP contribution in [0, 0.1) is 11.8 Å². The van der Waals surface area contributed by atoms with E-state index in [9.17, 15) is 9.59 Å². The van der Waals surface area contributed by atoms with Gasteiger partial charge in [0, 0.05) is 23.8 Å².